The summed E-state index contributed by atoms with van der Waals surface area (Å²) >= 11 is 0. The number of methoxy groups -OCH3 is 1. The van der Waals surface area contributed by atoms with E-state index in [-0.39, 0.29) is 28.9 Å². The van der Waals surface area contributed by atoms with Crippen molar-refractivity contribution in [1.29, 1.82) is 5.26 Å². The molecular weight excluding hydrogens is 449 g/mol. The fraction of sp³-hybridized carbons (Fsp3) is 0.500. The molecule has 1 heterocycles. The first-order chi connectivity index (χ1) is 16.4. The Morgan fingerprint density at radius 2 is 2.00 bits per heavy atom. The SMILES string of the molecule is COC(=O)c1cc(Nc2nn(C3CCCC3C#N)cc2C(N)=O)ccc1[B]OC(C)(C)C(C)(C)O. The molecule has 1 fully saturated rings. The van der Waals surface area contributed by atoms with E-state index < -0.39 is 23.1 Å². The molecule has 185 valence electrons. The highest BCUT2D eigenvalue weighted by molar-refractivity contribution is 6.49. The zero-order valence-electron chi connectivity index (χ0n) is 20.7. The maximum atomic E-state index is 12.5. The maximum Gasteiger partial charge on any atom is 0.337 e. The minimum atomic E-state index is -1.13. The second-order valence-corrected chi connectivity index (χ2v) is 9.69. The number of nitriles is 1. The van der Waals surface area contributed by atoms with E-state index in [1.165, 1.54) is 14.6 Å². The molecule has 1 aliphatic rings. The van der Waals surface area contributed by atoms with Crippen molar-refractivity contribution in [3.05, 3.63) is 35.5 Å². The molecule has 3 rings (SSSR count). The van der Waals surface area contributed by atoms with Crippen molar-refractivity contribution in [2.75, 3.05) is 12.4 Å². The van der Waals surface area contributed by atoms with Gasteiger partial charge >= 0.3 is 13.5 Å². The van der Waals surface area contributed by atoms with E-state index in [2.05, 4.69) is 16.5 Å². The fourth-order valence-corrected chi connectivity index (χ4v) is 3.76. The average molecular weight is 480 g/mol. The van der Waals surface area contributed by atoms with E-state index >= 15 is 0 Å². The zero-order valence-corrected chi connectivity index (χ0v) is 20.7. The number of hydrogen-bond acceptors (Lipinski definition) is 8. The Kier molecular flexibility index (Phi) is 7.57. The molecule has 0 saturated heterocycles. The Labute approximate surface area is 205 Å². The molecule has 1 aromatic heterocycles. The molecule has 1 aromatic carbocycles. The Morgan fingerprint density at radius 3 is 2.60 bits per heavy atom. The number of aromatic nitrogens is 2. The number of benzene rings is 1. The first-order valence-corrected chi connectivity index (χ1v) is 11.4. The van der Waals surface area contributed by atoms with Crippen LogP contribution < -0.4 is 16.5 Å². The van der Waals surface area contributed by atoms with Gasteiger partial charge in [0, 0.05) is 11.9 Å². The van der Waals surface area contributed by atoms with Crippen molar-refractivity contribution in [2.45, 2.75) is 64.2 Å². The number of aliphatic hydroxyl groups is 1. The maximum absolute atomic E-state index is 12.5. The standard InChI is InChI=1S/C24H31BN5O5/c1-23(2,33)24(3,4)35-25-18-10-9-15(11-16(18)22(32)34-5)28-21-17(20(27)31)13-30(29-21)19-8-6-7-14(19)12-26/h9-11,13-14,19,33H,6-8H2,1-5H3,(H2,27,31)(H,28,29). The van der Waals surface area contributed by atoms with Gasteiger partial charge in [0.1, 0.15) is 5.56 Å². The number of ether oxygens (including phenoxy) is 1. The van der Waals surface area contributed by atoms with Crippen molar-refractivity contribution in [1.82, 2.24) is 9.78 Å². The Hall–Kier alpha value is -3.36. The minimum absolute atomic E-state index is 0.132. The number of nitrogens with zero attached hydrogens (tertiary/aromatic N) is 3. The molecule has 1 amide bonds. The van der Waals surface area contributed by atoms with Crippen molar-refractivity contribution in [3.8, 4) is 6.07 Å². The summed E-state index contributed by atoms with van der Waals surface area (Å²) < 4.78 is 12.3. The van der Waals surface area contributed by atoms with Gasteiger partial charge in [-0.3, -0.25) is 9.48 Å². The molecule has 1 aliphatic carbocycles. The predicted octanol–water partition coefficient (Wildman–Crippen LogP) is 2.19. The number of rotatable bonds is 9. The van der Waals surface area contributed by atoms with E-state index in [1.807, 2.05) is 0 Å². The van der Waals surface area contributed by atoms with Crippen molar-refractivity contribution >= 4 is 36.3 Å². The molecule has 2 unspecified atom stereocenters. The van der Waals surface area contributed by atoms with Gasteiger partial charge in [-0.2, -0.15) is 10.4 Å². The average Bonchev–Trinajstić information content (AvgIpc) is 3.43. The van der Waals surface area contributed by atoms with Crippen LogP contribution in [0.25, 0.3) is 0 Å². The summed E-state index contributed by atoms with van der Waals surface area (Å²) in [6.07, 6.45) is 4.03. The number of amides is 1. The van der Waals surface area contributed by atoms with Crippen LogP contribution in [-0.4, -0.2) is 52.6 Å². The third-order valence-electron chi connectivity index (χ3n) is 6.66. The highest BCUT2D eigenvalue weighted by Crippen LogP contribution is 2.36. The molecule has 0 bridgehead atoms. The highest BCUT2D eigenvalue weighted by Gasteiger charge is 2.36. The molecule has 4 N–H and O–H groups in total. The highest BCUT2D eigenvalue weighted by atomic mass is 16.5. The minimum Gasteiger partial charge on any atom is -0.465 e. The van der Waals surface area contributed by atoms with Gasteiger partial charge < -0.3 is 25.5 Å². The molecule has 1 radical (unpaired) electrons. The number of carbonyl (C=O) groups is 2. The summed E-state index contributed by atoms with van der Waals surface area (Å²) in [4.78, 5) is 24.6. The molecule has 2 aromatic rings. The number of hydrogen-bond donors (Lipinski definition) is 3. The number of esters is 1. The molecule has 0 spiro atoms. The van der Waals surface area contributed by atoms with Crippen molar-refractivity contribution in [3.63, 3.8) is 0 Å². The Bertz CT molecular complexity index is 1150. The molecule has 10 nitrogen and oxygen atoms in total. The van der Waals surface area contributed by atoms with Crippen LogP contribution in [0, 0.1) is 17.2 Å². The summed E-state index contributed by atoms with van der Waals surface area (Å²) in [5.41, 5.74) is 4.82. The fourth-order valence-electron chi connectivity index (χ4n) is 3.76. The van der Waals surface area contributed by atoms with Gasteiger partial charge in [-0.05, 0) is 64.6 Å². The molecule has 0 aliphatic heterocycles. The molecule has 1 saturated carbocycles. The summed E-state index contributed by atoms with van der Waals surface area (Å²) in [5.74, 6) is -1.20. The molecule has 11 heteroatoms. The van der Waals surface area contributed by atoms with Crippen LogP contribution >= 0.6 is 0 Å². The Morgan fingerprint density at radius 1 is 1.29 bits per heavy atom. The lowest BCUT2D eigenvalue weighted by atomic mass is 9.80. The third-order valence-corrected chi connectivity index (χ3v) is 6.66. The number of primary amides is 1. The number of nitrogens with one attached hydrogen (secondary N) is 1. The largest absolute Gasteiger partial charge is 0.465 e. The van der Waals surface area contributed by atoms with Gasteiger partial charge in [0.25, 0.3) is 5.91 Å². The summed E-state index contributed by atoms with van der Waals surface area (Å²) in [5, 5.41) is 27.3. The monoisotopic (exact) mass is 480 g/mol. The topological polar surface area (TPSA) is 152 Å². The van der Waals surface area contributed by atoms with Gasteiger partial charge in [0.05, 0.1) is 41.9 Å². The Balaban J connectivity index is 1.90. The van der Waals surface area contributed by atoms with Crippen LogP contribution in [-0.2, 0) is 9.39 Å². The molecular formula is C24H31BN5O5. The predicted molar refractivity (Wildman–Crippen MR) is 131 cm³/mol. The summed E-state index contributed by atoms with van der Waals surface area (Å²) in [6, 6.07) is 7.07. The van der Waals surface area contributed by atoms with Gasteiger partial charge in [-0.1, -0.05) is 6.07 Å². The normalized spacial score (nSPS) is 18.1. The second-order valence-electron chi connectivity index (χ2n) is 9.69. The molecule has 35 heavy (non-hydrogen) atoms. The van der Waals surface area contributed by atoms with Crippen LogP contribution in [0.4, 0.5) is 11.5 Å². The van der Waals surface area contributed by atoms with E-state index in [4.69, 9.17) is 15.1 Å². The smallest absolute Gasteiger partial charge is 0.337 e. The summed E-state index contributed by atoms with van der Waals surface area (Å²) in [6.45, 7) is 6.74. The summed E-state index contributed by atoms with van der Waals surface area (Å²) in [7, 11) is 2.67. The van der Waals surface area contributed by atoms with Crippen LogP contribution in [0.3, 0.4) is 0 Å². The van der Waals surface area contributed by atoms with Crippen LogP contribution in [0.1, 0.15) is 73.7 Å². The third kappa shape index (κ3) is 5.66. The lowest BCUT2D eigenvalue weighted by molar-refractivity contribution is -0.0893. The van der Waals surface area contributed by atoms with Crippen LogP contribution in [0.2, 0.25) is 0 Å². The van der Waals surface area contributed by atoms with Crippen LogP contribution in [0.15, 0.2) is 24.4 Å². The lowest BCUT2D eigenvalue weighted by Crippen LogP contribution is -2.49. The zero-order chi connectivity index (χ0) is 26.0. The van der Waals surface area contributed by atoms with Crippen LogP contribution in [0.5, 0.6) is 0 Å². The van der Waals surface area contributed by atoms with Crippen molar-refractivity contribution < 1.29 is 24.1 Å². The van der Waals surface area contributed by atoms with Gasteiger partial charge in [0.2, 0.25) is 0 Å². The van der Waals surface area contributed by atoms with E-state index in [9.17, 15) is 20.0 Å². The van der Waals surface area contributed by atoms with Gasteiger partial charge in [-0.25, -0.2) is 4.79 Å². The van der Waals surface area contributed by atoms with E-state index in [0.717, 1.165) is 19.3 Å². The van der Waals surface area contributed by atoms with Crippen molar-refractivity contribution in [2.24, 2.45) is 11.7 Å². The van der Waals surface area contributed by atoms with Gasteiger partial charge in [0.15, 0.2) is 5.82 Å². The van der Waals surface area contributed by atoms with Gasteiger partial charge in [-0.15, -0.1) is 0 Å². The number of nitrogens with two attached hydrogens (primary N) is 1. The van der Waals surface area contributed by atoms with E-state index in [0.29, 0.717) is 11.2 Å². The first kappa shape index (κ1) is 26.3. The van der Waals surface area contributed by atoms with E-state index in [1.54, 1.807) is 56.8 Å². The number of anilines is 2. The quantitative estimate of drug-likeness (QED) is 0.365. The molecule has 2 atom stereocenters. The lowest BCUT2D eigenvalue weighted by Gasteiger charge is -2.37. The first-order valence-electron chi connectivity index (χ1n) is 11.4. The second kappa shape index (κ2) is 10.1. The number of carbonyl (C=O) groups excluding carboxylic acids is 2.